The number of fused-ring (bicyclic) bond motifs is 1. The van der Waals surface area contributed by atoms with Gasteiger partial charge in [-0.3, -0.25) is 14.4 Å². The van der Waals surface area contributed by atoms with Crippen LogP contribution in [-0.2, 0) is 11.2 Å². The van der Waals surface area contributed by atoms with E-state index in [1.165, 1.54) is 11.0 Å². The molecule has 0 saturated carbocycles. The van der Waals surface area contributed by atoms with Gasteiger partial charge in [-0.15, -0.1) is 0 Å². The first-order valence-corrected chi connectivity index (χ1v) is 9.44. The van der Waals surface area contributed by atoms with Crippen molar-refractivity contribution in [2.45, 2.75) is 12.8 Å². The average Bonchev–Trinajstić information content (AvgIpc) is 3.08. The first-order valence-electron chi connectivity index (χ1n) is 9.44. The fourth-order valence-corrected chi connectivity index (χ4v) is 3.53. The molecule has 0 atom stereocenters. The second-order valence-corrected chi connectivity index (χ2v) is 6.97. The van der Waals surface area contributed by atoms with E-state index in [1.54, 1.807) is 12.1 Å². The molecule has 0 aliphatic carbocycles. The standard InChI is InChI=1S/C21H20FN3O4/c22-15-10-14(21(28)25-7-4-18(26)23-6-8-25)11-16(12-15)24-20(27)17-3-1-2-13-5-9-29-19(13)17/h1-3,10-12H,4-9H2,(H,23,26)(H,24,27). The summed E-state index contributed by atoms with van der Waals surface area (Å²) in [5.41, 5.74) is 1.62. The second kappa shape index (κ2) is 7.90. The van der Waals surface area contributed by atoms with Crippen LogP contribution in [0.5, 0.6) is 5.75 Å². The van der Waals surface area contributed by atoms with Crippen LogP contribution in [-0.4, -0.2) is 48.9 Å². The quantitative estimate of drug-likeness (QED) is 0.829. The molecule has 0 spiro atoms. The van der Waals surface area contributed by atoms with Gasteiger partial charge in [-0.25, -0.2) is 4.39 Å². The number of carbonyl (C=O) groups excluding carboxylic acids is 3. The van der Waals surface area contributed by atoms with Crippen molar-refractivity contribution in [2.75, 3.05) is 31.6 Å². The van der Waals surface area contributed by atoms with E-state index in [1.807, 2.05) is 6.07 Å². The number of halogens is 1. The van der Waals surface area contributed by atoms with E-state index in [2.05, 4.69) is 10.6 Å². The van der Waals surface area contributed by atoms with E-state index in [0.29, 0.717) is 31.0 Å². The molecule has 4 rings (SSSR count). The van der Waals surface area contributed by atoms with E-state index < -0.39 is 11.7 Å². The maximum Gasteiger partial charge on any atom is 0.259 e. The number of rotatable bonds is 3. The van der Waals surface area contributed by atoms with Crippen LogP contribution < -0.4 is 15.4 Å². The van der Waals surface area contributed by atoms with Gasteiger partial charge >= 0.3 is 0 Å². The molecule has 2 N–H and O–H groups in total. The molecule has 1 fully saturated rings. The molecule has 2 aromatic rings. The predicted molar refractivity (Wildman–Crippen MR) is 104 cm³/mol. The Hall–Kier alpha value is -3.42. The number of hydrogen-bond acceptors (Lipinski definition) is 4. The zero-order valence-electron chi connectivity index (χ0n) is 15.7. The average molecular weight is 397 g/mol. The molecule has 0 radical (unpaired) electrons. The van der Waals surface area contributed by atoms with Crippen molar-refractivity contribution in [2.24, 2.45) is 0 Å². The van der Waals surface area contributed by atoms with Crippen molar-refractivity contribution in [1.82, 2.24) is 10.2 Å². The van der Waals surface area contributed by atoms with Gasteiger partial charge in [0.1, 0.15) is 11.6 Å². The fraction of sp³-hybridized carbons (Fsp3) is 0.286. The third-order valence-corrected chi connectivity index (χ3v) is 4.96. The minimum absolute atomic E-state index is 0.115. The van der Waals surface area contributed by atoms with Gasteiger partial charge in [-0.2, -0.15) is 0 Å². The maximum absolute atomic E-state index is 14.2. The van der Waals surface area contributed by atoms with Crippen molar-refractivity contribution in [3.8, 4) is 5.75 Å². The fourth-order valence-electron chi connectivity index (χ4n) is 3.53. The van der Waals surface area contributed by atoms with Gasteiger partial charge in [0.05, 0.1) is 12.2 Å². The van der Waals surface area contributed by atoms with Crippen molar-refractivity contribution in [3.63, 3.8) is 0 Å². The van der Waals surface area contributed by atoms with E-state index in [-0.39, 0.29) is 36.0 Å². The van der Waals surface area contributed by atoms with E-state index in [4.69, 9.17) is 4.74 Å². The van der Waals surface area contributed by atoms with E-state index in [0.717, 1.165) is 24.1 Å². The lowest BCUT2D eigenvalue weighted by molar-refractivity contribution is -0.120. The molecular weight excluding hydrogens is 377 g/mol. The molecule has 3 amide bonds. The summed E-state index contributed by atoms with van der Waals surface area (Å²) in [5.74, 6) is -1.04. The van der Waals surface area contributed by atoms with Gasteiger partial charge in [-0.05, 0) is 29.8 Å². The third-order valence-electron chi connectivity index (χ3n) is 4.96. The van der Waals surface area contributed by atoms with Crippen LogP contribution in [0.15, 0.2) is 36.4 Å². The number of ether oxygens (including phenoxy) is 1. The molecule has 2 aliphatic heterocycles. The van der Waals surface area contributed by atoms with Crippen LogP contribution >= 0.6 is 0 Å². The molecule has 2 aromatic carbocycles. The highest BCUT2D eigenvalue weighted by molar-refractivity contribution is 6.07. The van der Waals surface area contributed by atoms with Crippen LogP contribution in [0.2, 0.25) is 0 Å². The summed E-state index contributed by atoms with van der Waals surface area (Å²) in [6.07, 6.45) is 0.937. The number of nitrogens with one attached hydrogen (secondary N) is 2. The van der Waals surface area contributed by atoms with Gasteiger partial charge < -0.3 is 20.3 Å². The molecule has 0 aromatic heterocycles. The highest BCUT2D eigenvalue weighted by Crippen LogP contribution is 2.30. The smallest absolute Gasteiger partial charge is 0.259 e. The first-order chi connectivity index (χ1) is 14.0. The highest BCUT2D eigenvalue weighted by atomic mass is 19.1. The SMILES string of the molecule is O=C1CCN(C(=O)c2cc(F)cc(NC(=O)c3cccc4c3OCC4)c2)CCN1. The predicted octanol–water partition coefficient (Wildman–Crippen LogP) is 1.97. The lowest BCUT2D eigenvalue weighted by atomic mass is 10.1. The summed E-state index contributed by atoms with van der Waals surface area (Å²) in [6.45, 7) is 1.47. The zero-order chi connectivity index (χ0) is 20.4. The Bertz CT molecular complexity index is 992. The molecule has 150 valence electrons. The van der Waals surface area contributed by atoms with E-state index >= 15 is 0 Å². The Balaban J connectivity index is 1.54. The summed E-state index contributed by atoms with van der Waals surface area (Å²) in [6, 6.07) is 9.05. The van der Waals surface area contributed by atoms with Crippen LogP contribution in [0.3, 0.4) is 0 Å². The molecule has 7 nitrogen and oxygen atoms in total. The van der Waals surface area contributed by atoms with Gasteiger partial charge in [0.2, 0.25) is 5.91 Å². The van der Waals surface area contributed by atoms with Crippen molar-refractivity contribution >= 4 is 23.4 Å². The van der Waals surface area contributed by atoms with Crippen LogP contribution in [0.25, 0.3) is 0 Å². The summed E-state index contributed by atoms with van der Waals surface area (Å²) in [4.78, 5) is 38.4. The van der Waals surface area contributed by atoms with Gasteiger partial charge in [0.15, 0.2) is 0 Å². The monoisotopic (exact) mass is 397 g/mol. The number of para-hydroxylation sites is 1. The molecular formula is C21H20FN3O4. The molecule has 8 heteroatoms. The van der Waals surface area contributed by atoms with Crippen molar-refractivity contribution < 1.29 is 23.5 Å². The normalized spacial score (nSPS) is 15.8. The second-order valence-electron chi connectivity index (χ2n) is 6.97. The van der Waals surface area contributed by atoms with Crippen LogP contribution in [0.1, 0.15) is 32.7 Å². The molecule has 0 bridgehead atoms. The van der Waals surface area contributed by atoms with Crippen LogP contribution in [0.4, 0.5) is 10.1 Å². The summed E-state index contributed by atoms with van der Waals surface area (Å²) < 4.78 is 19.7. The largest absolute Gasteiger partial charge is 0.492 e. The maximum atomic E-state index is 14.2. The van der Waals surface area contributed by atoms with Crippen molar-refractivity contribution in [3.05, 3.63) is 58.9 Å². The molecule has 2 heterocycles. The summed E-state index contributed by atoms with van der Waals surface area (Å²) in [7, 11) is 0. The van der Waals surface area contributed by atoms with Crippen molar-refractivity contribution in [1.29, 1.82) is 0 Å². The molecule has 0 unspecified atom stereocenters. The third kappa shape index (κ3) is 4.06. The molecule has 2 aliphatic rings. The summed E-state index contributed by atoms with van der Waals surface area (Å²) >= 11 is 0. The zero-order valence-corrected chi connectivity index (χ0v) is 15.7. The Labute approximate surface area is 166 Å². The first kappa shape index (κ1) is 18.9. The van der Waals surface area contributed by atoms with Gasteiger partial charge in [0, 0.05) is 43.7 Å². The molecule has 29 heavy (non-hydrogen) atoms. The Kier molecular flexibility index (Phi) is 5.16. The Morgan fingerprint density at radius 3 is 2.86 bits per heavy atom. The number of nitrogens with zero attached hydrogens (tertiary/aromatic N) is 1. The molecule has 1 saturated heterocycles. The lowest BCUT2D eigenvalue weighted by Gasteiger charge is -2.20. The summed E-state index contributed by atoms with van der Waals surface area (Å²) in [5, 5.41) is 5.34. The number of carbonyl (C=O) groups is 3. The van der Waals surface area contributed by atoms with E-state index in [9.17, 15) is 18.8 Å². The number of anilines is 1. The topological polar surface area (TPSA) is 87.7 Å². The number of hydrogen-bond donors (Lipinski definition) is 2. The highest BCUT2D eigenvalue weighted by Gasteiger charge is 2.23. The van der Waals surface area contributed by atoms with Gasteiger partial charge in [0.25, 0.3) is 11.8 Å². The minimum Gasteiger partial charge on any atom is -0.492 e. The number of benzene rings is 2. The lowest BCUT2D eigenvalue weighted by Crippen LogP contribution is -2.34. The Morgan fingerprint density at radius 2 is 2.00 bits per heavy atom. The Morgan fingerprint density at radius 1 is 1.14 bits per heavy atom. The number of amides is 3. The van der Waals surface area contributed by atoms with Gasteiger partial charge in [-0.1, -0.05) is 12.1 Å². The minimum atomic E-state index is -0.635. The van der Waals surface area contributed by atoms with Crippen LogP contribution in [0, 0.1) is 5.82 Å².